The molecule has 5 heteroatoms. The van der Waals surface area contributed by atoms with Crippen LogP contribution in [0.1, 0.15) is 19.8 Å². The Balaban J connectivity index is 2.64. The average molecular weight is 199 g/mol. The summed E-state index contributed by atoms with van der Waals surface area (Å²) in [5.74, 6) is -0.370. The number of aliphatic hydroxyl groups is 1. The van der Waals surface area contributed by atoms with Crippen molar-refractivity contribution in [3.63, 3.8) is 0 Å². The molecule has 3 atom stereocenters. The Morgan fingerprint density at radius 1 is 1.71 bits per heavy atom. The minimum Gasteiger partial charge on any atom is -0.391 e. The van der Waals surface area contributed by atoms with Crippen molar-refractivity contribution in [3.05, 3.63) is 0 Å². The average Bonchev–Trinajstić information content (AvgIpc) is 2.62. The van der Waals surface area contributed by atoms with E-state index >= 15 is 0 Å². The third kappa shape index (κ3) is 2.10. The van der Waals surface area contributed by atoms with Gasteiger partial charge in [-0.3, -0.25) is 9.59 Å². The highest BCUT2D eigenvalue weighted by Gasteiger charge is 2.33. The fourth-order valence-corrected chi connectivity index (χ4v) is 1.55. The zero-order valence-electron chi connectivity index (χ0n) is 8.14. The lowest BCUT2D eigenvalue weighted by Crippen LogP contribution is -2.51. The number of carbonyl (C=O) groups is 1. The minimum absolute atomic E-state index is 0.370. The van der Waals surface area contributed by atoms with Crippen molar-refractivity contribution in [2.24, 2.45) is 5.73 Å². The van der Waals surface area contributed by atoms with Crippen LogP contribution in [0.3, 0.4) is 0 Å². The van der Waals surface area contributed by atoms with Gasteiger partial charge in [0.2, 0.25) is 12.2 Å². The molecule has 1 saturated heterocycles. The van der Waals surface area contributed by atoms with Gasteiger partial charge < -0.3 is 15.7 Å². The maximum absolute atomic E-state index is 11.6. The summed E-state index contributed by atoms with van der Waals surface area (Å²) in [6, 6.07) is -1.42. The second-order valence-electron chi connectivity index (χ2n) is 3.57. The number of nitrogens with two attached hydrogens (primary N) is 1. The molecule has 1 rings (SSSR count). The Kier molecular flexibility index (Phi) is 3.60. The smallest absolute Gasteiger partial charge is 0.242 e. The Morgan fingerprint density at radius 2 is 2.36 bits per heavy atom. The van der Waals surface area contributed by atoms with E-state index in [1.54, 1.807) is 6.29 Å². The van der Waals surface area contributed by atoms with Crippen LogP contribution in [0.2, 0.25) is 0 Å². The molecule has 3 unspecified atom stereocenters. The van der Waals surface area contributed by atoms with Gasteiger partial charge in [0.25, 0.3) is 0 Å². The van der Waals surface area contributed by atoms with Gasteiger partial charge >= 0.3 is 0 Å². The molecule has 0 aromatic heterocycles. The summed E-state index contributed by atoms with van der Waals surface area (Å²) in [6.45, 7) is 1.98. The highest BCUT2D eigenvalue weighted by molar-refractivity contribution is 5.85. The van der Waals surface area contributed by atoms with Crippen LogP contribution in [0.4, 0.5) is 0 Å². The maximum atomic E-state index is 11.6. The molecule has 0 spiro atoms. The second kappa shape index (κ2) is 4.52. The van der Waals surface area contributed by atoms with Crippen LogP contribution in [0.5, 0.6) is 0 Å². The molecule has 1 aliphatic rings. The monoisotopic (exact) mass is 199 g/mol. The molecule has 1 aliphatic heterocycles. The normalized spacial score (nSPS) is 25.9. The van der Waals surface area contributed by atoms with Gasteiger partial charge in [0.1, 0.15) is 6.04 Å². The summed E-state index contributed by atoms with van der Waals surface area (Å²) in [6.07, 6.45) is 2.34. The van der Waals surface area contributed by atoms with Crippen molar-refractivity contribution in [2.45, 2.75) is 38.0 Å². The molecule has 0 bridgehead atoms. The van der Waals surface area contributed by atoms with E-state index in [-0.39, 0.29) is 5.91 Å². The second-order valence-corrected chi connectivity index (χ2v) is 3.57. The molecule has 0 aliphatic carbocycles. The Labute approximate surface area is 82.9 Å². The van der Waals surface area contributed by atoms with Crippen LogP contribution in [-0.2, 0) is 9.59 Å². The van der Waals surface area contributed by atoms with Crippen molar-refractivity contribution < 1.29 is 14.7 Å². The van der Waals surface area contributed by atoms with E-state index in [0.717, 1.165) is 6.42 Å². The Morgan fingerprint density at radius 3 is 2.86 bits per heavy atom. The number of amides is 1. The molecule has 1 heterocycles. The van der Waals surface area contributed by atoms with E-state index in [9.17, 15) is 9.59 Å². The van der Waals surface area contributed by atoms with Gasteiger partial charge in [-0.25, -0.2) is 0 Å². The van der Waals surface area contributed by atoms with Crippen molar-refractivity contribution in [3.8, 4) is 0 Å². The molecule has 0 aromatic rings. The number of nitrogens with zero attached hydrogens (tertiary/aromatic N) is 1. The number of rotatable bonds is 3. The first-order chi connectivity index (χ1) is 6.57. The van der Waals surface area contributed by atoms with Crippen molar-refractivity contribution >= 4 is 12.2 Å². The first kappa shape index (κ1) is 11.1. The van der Waals surface area contributed by atoms with Crippen LogP contribution >= 0.6 is 0 Å². The maximum Gasteiger partial charge on any atom is 0.242 e. The van der Waals surface area contributed by atoms with Crippen LogP contribution in [0.25, 0.3) is 0 Å². The van der Waals surface area contributed by atoms with E-state index in [1.165, 1.54) is 11.8 Å². The fourth-order valence-electron chi connectivity index (χ4n) is 1.55. The molecule has 1 radical (unpaired) electrons. The number of likely N-dealkylation sites (tertiary alicyclic amines) is 1. The van der Waals surface area contributed by atoms with Crippen LogP contribution in [-0.4, -0.2) is 46.9 Å². The van der Waals surface area contributed by atoms with Crippen molar-refractivity contribution in [1.82, 2.24) is 4.90 Å². The number of hydrogen-bond acceptors (Lipinski definition) is 4. The number of aliphatic hydroxyl groups excluding tert-OH is 1. The first-order valence-electron chi connectivity index (χ1n) is 4.69. The highest BCUT2D eigenvalue weighted by atomic mass is 16.3. The molecular formula is C9H15N2O3. The fraction of sp³-hybridized carbons (Fsp3) is 0.778. The minimum atomic E-state index is -0.941. The molecular weight excluding hydrogens is 184 g/mol. The lowest BCUT2D eigenvalue weighted by molar-refractivity contribution is -0.134. The molecule has 1 amide bonds. The van der Waals surface area contributed by atoms with E-state index < -0.39 is 18.2 Å². The van der Waals surface area contributed by atoms with Gasteiger partial charge in [-0.2, -0.15) is 0 Å². The highest BCUT2D eigenvalue weighted by Crippen LogP contribution is 2.16. The summed E-state index contributed by atoms with van der Waals surface area (Å²) in [5, 5.41) is 9.14. The van der Waals surface area contributed by atoms with Crippen LogP contribution < -0.4 is 5.73 Å². The van der Waals surface area contributed by atoms with E-state index in [2.05, 4.69) is 0 Å². The number of carbonyl (C=O) groups excluding carboxylic acids is 2. The zero-order valence-corrected chi connectivity index (χ0v) is 8.14. The summed E-state index contributed by atoms with van der Waals surface area (Å²) in [7, 11) is 0. The Hall–Kier alpha value is -0.940. The van der Waals surface area contributed by atoms with E-state index in [0.29, 0.717) is 13.0 Å². The quantitative estimate of drug-likeness (QED) is 0.597. The van der Waals surface area contributed by atoms with Crippen LogP contribution in [0, 0.1) is 0 Å². The molecule has 5 nitrogen and oxygen atoms in total. The zero-order chi connectivity index (χ0) is 10.7. The standard InChI is InChI=1S/C9H15N2O3/c1-6(13)8(10)9(14)11-4-2-3-7(11)5-12/h6-8,13H,2-4,10H2,1H3. The van der Waals surface area contributed by atoms with Gasteiger partial charge in [0.15, 0.2) is 0 Å². The summed E-state index contributed by atoms with van der Waals surface area (Å²) < 4.78 is 0. The van der Waals surface area contributed by atoms with Gasteiger partial charge in [-0.05, 0) is 19.8 Å². The van der Waals surface area contributed by atoms with E-state index in [1.807, 2.05) is 0 Å². The van der Waals surface area contributed by atoms with Crippen molar-refractivity contribution in [2.75, 3.05) is 6.54 Å². The lowest BCUT2D eigenvalue weighted by Gasteiger charge is -2.24. The topological polar surface area (TPSA) is 83.6 Å². The van der Waals surface area contributed by atoms with Gasteiger partial charge in [-0.15, -0.1) is 0 Å². The molecule has 14 heavy (non-hydrogen) atoms. The van der Waals surface area contributed by atoms with Crippen LogP contribution in [0.15, 0.2) is 0 Å². The van der Waals surface area contributed by atoms with Gasteiger partial charge in [0.05, 0.1) is 12.1 Å². The molecule has 0 saturated carbocycles. The van der Waals surface area contributed by atoms with Gasteiger partial charge in [0, 0.05) is 6.54 Å². The van der Waals surface area contributed by atoms with E-state index in [4.69, 9.17) is 10.8 Å². The Bertz CT molecular complexity index is 230. The first-order valence-corrected chi connectivity index (χ1v) is 4.69. The molecule has 79 valence electrons. The summed E-state index contributed by atoms with van der Waals surface area (Å²) in [4.78, 5) is 23.5. The third-order valence-electron chi connectivity index (χ3n) is 2.48. The SMILES string of the molecule is CC(O)C(N)C(=O)N1CCCC1[C]=O. The van der Waals surface area contributed by atoms with Gasteiger partial charge in [-0.1, -0.05) is 0 Å². The van der Waals surface area contributed by atoms with Crippen molar-refractivity contribution in [1.29, 1.82) is 0 Å². The summed E-state index contributed by atoms with van der Waals surface area (Å²) >= 11 is 0. The largest absolute Gasteiger partial charge is 0.391 e. The predicted molar refractivity (Wildman–Crippen MR) is 50.1 cm³/mol. The molecule has 0 aromatic carbocycles. The molecule has 1 fully saturated rings. The molecule has 3 N–H and O–H groups in total. The lowest BCUT2D eigenvalue weighted by atomic mass is 10.1. The number of hydrogen-bond donors (Lipinski definition) is 2. The predicted octanol–water partition coefficient (Wildman–Crippen LogP) is -1.20. The third-order valence-corrected chi connectivity index (χ3v) is 2.48. The summed E-state index contributed by atoms with van der Waals surface area (Å²) in [5.41, 5.74) is 5.49.